The highest BCUT2D eigenvalue weighted by Crippen LogP contribution is 2.11. The quantitative estimate of drug-likeness (QED) is 0.584. The third-order valence-corrected chi connectivity index (χ3v) is 2.98. The zero-order chi connectivity index (χ0) is 7.61. The number of thioether (sulfide) groups is 1. The van der Waals surface area contributed by atoms with Crippen LogP contribution in [-0.2, 0) is 10.0 Å². The van der Waals surface area contributed by atoms with Gasteiger partial charge in [-0.15, -0.1) is 11.8 Å². The van der Waals surface area contributed by atoms with Crippen LogP contribution in [0.25, 0.3) is 0 Å². The van der Waals surface area contributed by atoms with E-state index in [1.165, 1.54) is 6.26 Å². The van der Waals surface area contributed by atoms with Crippen molar-refractivity contribution in [2.45, 2.75) is 5.37 Å². The van der Waals surface area contributed by atoms with Crippen LogP contribution >= 0.6 is 11.8 Å². The Morgan fingerprint density at radius 3 is 2.80 bits per heavy atom. The second-order valence-electron chi connectivity index (χ2n) is 2.14. The molecule has 1 atom stereocenters. The lowest BCUT2D eigenvalue weighted by molar-refractivity contribution is 0.583. The monoisotopic (exact) mass is 182 g/mol. The van der Waals surface area contributed by atoms with Gasteiger partial charge in [-0.25, -0.2) is 13.1 Å². The van der Waals surface area contributed by atoms with Crippen molar-refractivity contribution in [2.75, 3.05) is 18.7 Å². The van der Waals surface area contributed by atoms with Crippen LogP contribution < -0.4 is 10.0 Å². The van der Waals surface area contributed by atoms with Crippen LogP contribution in [0.3, 0.4) is 0 Å². The molecule has 2 N–H and O–H groups in total. The molecule has 0 saturated carbocycles. The topological polar surface area (TPSA) is 58.2 Å². The molecule has 1 rings (SSSR count). The number of hydrogen-bond acceptors (Lipinski definition) is 4. The average Bonchev–Trinajstić information content (AvgIpc) is 2.12. The molecule has 1 aliphatic rings. The van der Waals surface area contributed by atoms with Gasteiger partial charge in [0.05, 0.1) is 11.6 Å². The molecule has 4 nitrogen and oxygen atoms in total. The average molecular weight is 182 g/mol. The predicted molar refractivity (Wildman–Crippen MR) is 42.2 cm³/mol. The van der Waals surface area contributed by atoms with Crippen molar-refractivity contribution in [1.82, 2.24) is 10.0 Å². The van der Waals surface area contributed by atoms with E-state index in [9.17, 15) is 8.42 Å². The Morgan fingerprint density at radius 1 is 1.70 bits per heavy atom. The summed E-state index contributed by atoms with van der Waals surface area (Å²) in [7, 11) is -3.02. The lowest BCUT2D eigenvalue weighted by atomic mass is 10.7. The van der Waals surface area contributed by atoms with Crippen LogP contribution in [0.4, 0.5) is 0 Å². The first kappa shape index (κ1) is 8.32. The van der Waals surface area contributed by atoms with E-state index in [1.54, 1.807) is 11.8 Å². The highest BCUT2D eigenvalue weighted by Gasteiger charge is 2.17. The Balaban J connectivity index is 2.38. The molecule has 6 heteroatoms. The van der Waals surface area contributed by atoms with Crippen molar-refractivity contribution >= 4 is 21.8 Å². The molecule has 0 radical (unpaired) electrons. The smallest absolute Gasteiger partial charge is 0.209 e. The minimum atomic E-state index is -3.02. The largest absolute Gasteiger partial charge is 0.305 e. The summed E-state index contributed by atoms with van der Waals surface area (Å²) in [6.07, 6.45) is 1.17. The van der Waals surface area contributed by atoms with Gasteiger partial charge in [0.25, 0.3) is 0 Å². The Bertz CT molecular complexity index is 195. The van der Waals surface area contributed by atoms with Gasteiger partial charge in [0, 0.05) is 12.4 Å². The molecule has 0 aromatic rings. The highest BCUT2D eigenvalue weighted by atomic mass is 32.2. The van der Waals surface area contributed by atoms with Crippen molar-refractivity contribution in [3.05, 3.63) is 0 Å². The summed E-state index contributed by atoms with van der Waals surface area (Å²) in [6.45, 7) is 0.720. The summed E-state index contributed by atoms with van der Waals surface area (Å²) in [5, 5.41) is 3.05. The number of rotatable bonds is 2. The maximum Gasteiger partial charge on any atom is 0.209 e. The van der Waals surface area contributed by atoms with Crippen molar-refractivity contribution in [3.63, 3.8) is 0 Å². The van der Waals surface area contributed by atoms with E-state index < -0.39 is 10.0 Å². The van der Waals surface area contributed by atoms with E-state index in [4.69, 9.17) is 0 Å². The second-order valence-corrected chi connectivity index (χ2v) is 5.11. The molecule has 1 aliphatic heterocycles. The van der Waals surface area contributed by atoms with Crippen LogP contribution in [0.1, 0.15) is 0 Å². The van der Waals surface area contributed by atoms with Crippen LogP contribution in [0.5, 0.6) is 0 Å². The lowest BCUT2D eigenvalue weighted by Crippen LogP contribution is -2.33. The highest BCUT2D eigenvalue weighted by molar-refractivity contribution is 8.01. The van der Waals surface area contributed by atoms with Gasteiger partial charge in [0.1, 0.15) is 0 Å². The van der Waals surface area contributed by atoms with Gasteiger partial charge < -0.3 is 5.32 Å². The third-order valence-electron chi connectivity index (χ3n) is 1.06. The summed E-state index contributed by atoms with van der Waals surface area (Å²) in [5.41, 5.74) is 0. The Kier molecular flexibility index (Phi) is 2.56. The van der Waals surface area contributed by atoms with Gasteiger partial charge >= 0.3 is 0 Å². The summed E-state index contributed by atoms with van der Waals surface area (Å²) >= 11 is 1.57. The van der Waals surface area contributed by atoms with Gasteiger partial charge in [-0.05, 0) is 0 Å². The predicted octanol–water partition coefficient (Wildman–Crippen LogP) is -0.844. The van der Waals surface area contributed by atoms with E-state index >= 15 is 0 Å². The van der Waals surface area contributed by atoms with Crippen molar-refractivity contribution in [3.8, 4) is 0 Å². The molecule has 0 aromatic carbocycles. The minimum Gasteiger partial charge on any atom is -0.305 e. The van der Waals surface area contributed by atoms with Gasteiger partial charge in [-0.3, -0.25) is 0 Å². The van der Waals surface area contributed by atoms with Gasteiger partial charge in [-0.2, -0.15) is 0 Å². The second kappa shape index (κ2) is 3.08. The molecular formula is C4H10N2O2S2. The van der Waals surface area contributed by atoms with Crippen LogP contribution in [-0.4, -0.2) is 32.5 Å². The van der Waals surface area contributed by atoms with E-state index in [-0.39, 0.29) is 5.37 Å². The zero-order valence-electron chi connectivity index (χ0n) is 5.62. The maximum absolute atomic E-state index is 10.6. The molecule has 0 aromatic heterocycles. The Labute approximate surface area is 64.8 Å². The van der Waals surface area contributed by atoms with E-state index in [0.29, 0.717) is 0 Å². The van der Waals surface area contributed by atoms with Crippen molar-refractivity contribution < 1.29 is 8.42 Å². The Hall–Kier alpha value is 0.220. The standard InChI is InChI=1S/C4H10N2O2S2/c1-10(7,8)6-4-2-5-3-9-4/h4-6H,2-3H2,1H3. The van der Waals surface area contributed by atoms with Gasteiger partial charge in [-0.1, -0.05) is 0 Å². The van der Waals surface area contributed by atoms with Crippen molar-refractivity contribution in [1.29, 1.82) is 0 Å². The fourth-order valence-corrected chi connectivity index (χ4v) is 2.75. The number of sulfonamides is 1. The fraction of sp³-hybridized carbons (Fsp3) is 1.00. The molecule has 0 spiro atoms. The van der Waals surface area contributed by atoms with E-state index in [2.05, 4.69) is 10.0 Å². The summed E-state index contributed by atoms with van der Waals surface area (Å²) < 4.78 is 23.8. The summed E-state index contributed by atoms with van der Waals surface area (Å²) in [5.74, 6) is 0.827. The number of hydrogen-bond donors (Lipinski definition) is 2. The molecular weight excluding hydrogens is 172 g/mol. The van der Waals surface area contributed by atoms with E-state index in [0.717, 1.165) is 12.4 Å². The summed E-state index contributed by atoms with van der Waals surface area (Å²) in [6, 6.07) is 0. The molecule has 1 saturated heterocycles. The minimum absolute atomic E-state index is 0.0231. The first-order valence-corrected chi connectivity index (χ1v) is 5.81. The molecule has 1 fully saturated rings. The van der Waals surface area contributed by atoms with E-state index in [1.807, 2.05) is 0 Å². The molecule has 0 aliphatic carbocycles. The lowest BCUT2D eigenvalue weighted by Gasteiger charge is -2.06. The molecule has 0 bridgehead atoms. The number of nitrogens with one attached hydrogen (secondary N) is 2. The fourth-order valence-electron chi connectivity index (χ4n) is 0.723. The third kappa shape index (κ3) is 2.87. The van der Waals surface area contributed by atoms with Gasteiger partial charge in [0.2, 0.25) is 10.0 Å². The SMILES string of the molecule is CS(=O)(=O)NC1CNCS1. The first-order chi connectivity index (χ1) is 4.58. The molecule has 10 heavy (non-hydrogen) atoms. The zero-order valence-corrected chi connectivity index (χ0v) is 7.26. The van der Waals surface area contributed by atoms with Crippen LogP contribution in [0, 0.1) is 0 Å². The van der Waals surface area contributed by atoms with Crippen LogP contribution in [0.15, 0.2) is 0 Å². The normalized spacial score (nSPS) is 27.1. The van der Waals surface area contributed by atoms with Gasteiger partial charge in [0.15, 0.2) is 0 Å². The Morgan fingerprint density at radius 2 is 2.40 bits per heavy atom. The molecule has 1 unspecified atom stereocenters. The summed E-state index contributed by atoms with van der Waals surface area (Å²) in [4.78, 5) is 0. The molecule has 1 heterocycles. The van der Waals surface area contributed by atoms with Crippen LogP contribution in [0.2, 0.25) is 0 Å². The maximum atomic E-state index is 10.6. The first-order valence-electron chi connectivity index (χ1n) is 2.87. The molecule has 0 amide bonds. The van der Waals surface area contributed by atoms with Crippen molar-refractivity contribution in [2.24, 2.45) is 0 Å². The molecule has 60 valence electrons.